The predicted molar refractivity (Wildman–Crippen MR) is 324 cm³/mol. The van der Waals surface area contributed by atoms with Gasteiger partial charge in [0.05, 0.1) is 0 Å². The second kappa shape index (κ2) is 16.7. The molecule has 0 saturated carbocycles. The van der Waals surface area contributed by atoms with E-state index in [0.717, 1.165) is 0 Å². The molecule has 0 heterocycles. The van der Waals surface area contributed by atoms with Gasteiger partial charge in [-0.05, 0) is 197 Å². The monoisotopic (exact) mass is 966 g/mol. The summed E-state index contributed by atoms with van der Waals surface area (Å²) in [6.07, 6.45) is 0. The second-order valence-corrected chi connectivity index (χ2v) is 22.3. The van der Waals surface area contributed by atoms with Crippen LogP contribution >= 0.6 is 0 Å². The molecular weight excluding hydrogens is 913 g/mol. The van der Waals surface area contributed by atoms with Crippen LogP contribution in [0.3, 0.4) is 0 Å². The Balaban J connectivity index is 0.846. The summed E-state index contributed by atoms with van der Waals surface area (Å²) in [7, 11) is 0. The summed E-state index contributed by atoms with van der Waals surface area (Å²) in [6.45, 7) is 9.69. The van der Waals surface area contributed by atoms with Gasteiger partial charge in [-0.25, -0.2) is 0 Å². The molecular formula is C76H54. The summed E-state index contributed by atoms with van der Waals surface area (Å²) in [5, 5.41) is 10.3. The molecule has 0 amide bonds. The van der Waals surface area contributed by atoms with Crippen LogP contribution in [0.2, 0.25) is 0 Å². The molecule has 0 heteroatoms. The maximum Gasteiger partial charge on any atom is 0.0159 e. The average molecular weight is 967 g/mol. The summed E-state index contributed by atoms with van der Waals surface area (Å²) in [6, 6.07) is 95.7. The summed E-state index contributed by atoms with van der Waals surface area (Å²) in [5.41, 5.74) is 25.4. The fourth-order valence-electron chi connectivity index (χ4n) is 13.7. The van der Waals surface area contributed by atoms with Crippen LogP contribution in [0.15, 0.2) is 255 Å². The highest BCUT2D eigenvalue weighted by molar-refractivity contribution is 6.24. The molecule has 0 fully saturated rings. The first-order chi connectivity index (χ1) is 37.2. The van der Waals surface area contributed by atoms with Crippen molar-refractivity contribution in [2.75, 3.05) is 0 Å². The minimum absolute atomic E-state index is 0.221. The number of rotatable bonds is 6. The van der Waals surface area contributed by atoms with Crippen LogP contribution in [0.4, 0.5) is 0 Å². The molecule has 0 radical (unpaired) electrons. The number of fused-ring (bicyclic) bond motifs is 10. The van der Waals surface area contributed by atoms with E-state index in [4.69, 9.17) is 0 Å². The van der Waals surface area contributed by atoms with Gasteiger partial charge in [-0.15, -0.1) is 0 Å². The maximum atomic E-state index is 2.54. The molecule has 0 nitrogen and oxygen atoms in total. The Kier molecular flexibility index (Phi) is 9.76. The molecule has 0 aliphatic heterocycles. The lowest BCUT2D eigenvalue weighted by Gasteiger charge is -2.24. The van der Waals surface area contributed by atoms with Crippen molar-refractivity contribution >= 4 is 43.1 Å². The zero-order valence-electron chi connectivity index (χ0n) is 43.2. The quantitative estimate of drug-likeness (QED) is 0.146. The van der Waals surface area contributed by atoms with Crippen molar-refractivity contribution in [1.82, 2.24) is 0 Å². The van der Waals surface area contributed by atoms with E-state index >= 15 is 0 Å². The van der Waals surface area contributed by atoms with Crippen LogP contribution in [-0.4, -0.2) is 0 Å². The van der Waals surface area contributed by atoms with Gasteiger partial charge >= 0.3 is 0 Å². The van der Waals surface area contributed by atoms with Crippen LogP contribution in [0.25, 0.3) is 132 Å². The van der Waals surface area contributed by atoms with E-state index in [0.29, 0.717) is 0 Å². The largest absolute Gasteiger partial charge is 0.0622 e. The van der Waals surface area contributed by atoms with E-state index in [2.05, 4.69) is 282 Å². The smallest absolute Gasteiger partial charge is 0.0159 e. The summed E-state index contributed by atoms with van der Waals surface area (Å²) >= 11 is 0. The van der Waals surface area contributed by atoms with Gasteiger partial charge in [-0.1, -0.05) is 240 Å². The van der Waals surface area contributed by atoms with Gasteiger partial charge < -0.3 is 0 Å². The summed E-state index contributed by atoms with van der Waals surface area (Å²) in [4.78, 5) is 0. The van der Waals surface area contributed by atoms with Crippen LogP contribution in [0.1, 0.15) is 49.9 Å². The fourth-order valence-corrected chi connectivity index (χ4v) is 13.7. The van der Waals surface area contributed by atoms with E-state index in [1.54, 1.807) is 0 Å². The van der Waals surface area contributed by atoms with Crippen molar-refractivity contribution < 1.29 is 0 Å². The van der Waals surface area contributed by atoms with Crippen molar-refractivity contribution in [1.29, 1.82) is 0 Å². The third kappa shape index (κ3) is 6.57. The standard InChI is InChI=1S/C76H54/c1-75(2)67-41-53(36-38-55(67)61-43-63-65(45-69(61)75)73(49-26-13-7-14-27-49)59-34-19-17-32-57(59)71(63)47-22-9-5-10-23-47)51-30-21-31-52(40-51)54-37-39-56-62-44-64-66(46-70(62)76(3,4)68(56)42-54)74(50-28-15-8-16-29-50)60-35-20-18-33-58(60)72(64)48-24-11-6-12-25-48/h5-46H,1-4H3. The molecule has 0 aromatic heterocycles. The first-order valence-corrected chi connectivity index (χ1v) is 26.9. The van der Waals surface area contributed by atoms with Crippen molar-refractivity contribution in [3.8, 4) is 89.0 Å². The second-order valence-electron chi connectivity index (χ2n) is 22.3. The van der Waals surface area contributed by atoms with Gasteiger partial charge in [-0.3, -0.25) is 0 Å². The molecule has 15 rings (SSSR count). The Morgan fingerprint density at radius 2 is 0.447 bits per heavy atom. The van der Waals surface area contributed by atoms with Gasteiger partial charge in [0, 0.05) is 10.8 Å². The molecule has 0 spiro atoms. The highest BCUT2D eigenvalue weighted by Gasteiger charge is 2.39. The molecule has 13 aromatic rings. The van der Waals surface area contributed by atoms with E-state index < -0.39 is 0 Å². The first-order valence-electron chi connectivity index (χ1n) is 26.9. The molecule has 358 valence electrons. The van der Waals surface area contributed by atoms with Crippen molar-refractivity contribution in [3.63, 3.8) is 0 Å². The van der Waals surface area contributed by atoms with Crippen LogP contribution in [0, 0.1) is 0 Å². The van der Waals surface area contributed by atoms with E-state index in [1.807, 2.05) is 0 Å². The normalized spacial score (nSPS) is 13.7. The number of benzene rings is 13. The minimum atomic E-state index is -0.221. The topological polar surface area (TPSA) is 0 Å². The molecule has 2 aliphatic rings. The van der Waals surface area contributed by atoms with E-state index in [9.17, 15) is 0 Å². The van der Waals surface area contributed by atoms with Gasteiger partial charge in [-0.2, -0.15) is 0 Å². The van der Waals surface area contributed by atoms with Crippen LogP contribution < -0.4 is 0 Å². The Bertz CT molecular complexity index is 4230. The van der Waals surface area contributed by atoms with Gasteiger partial charge in [0.25, 0.3) is 0 Å². The molecule has 0 bridgehead atoms. The van der Waals surface area contributed by atoms with Crippen LogP contribution in [-0.2, 0) is 10.8 Å². The molecule has 0 unspecified atom stereocenters. The molecule has 0 N–H and O–H groups in total. The molecule has 0 saturated heterocycles. The molecule has 13 aromatic carbocycles. The van der Waals surface area contributed by atoms with E-state index in [-0.39, 0.29) is 10.8 Å². The zero-order chi connectivity index (χ0) is 50.9. The predicted octanol–water partition coefficient (Wildman–Crippen LogP) is 20.9. The highest BCUT2D eigenvalue weighted by atomic mass is 14.4. The van der Waals surface area contributed by atoms with Gasteiger partial charge in [0.15, 0.2) is 0 Å². The first kappa shape index (κ1) is 44.4. The third-order valence-electron chi connectivity index (χ3n) is 17.4. The SMILES string of the molecule is CC1(C)c2cc(-c3cccc(-c4ccc5c(c4)C(C)(C)c4cc6c(-c7ccccc7)c7ccccc7c(-c7ccccc7)c6cc4-5)c3)ccc2-c2cc3c(-c4ccccc4)c4ccccc4c(-c4ccccc4)c3cc21. The molecule has 76 heavy (non-hydrogen) atoms. The minimum Gasteiger partial charge on any atom is -0.0622 e. The lowest BCUT2D eigenvalue weighted by Crippen LogP contribution is -2.15. The Morgan fingerprint density at radius 3 is 0.776 bits per heavy atom. The molecule has 2 aliphatic carbocycles. The maximum absolute atomic E-state index is 2.54. The van der Waals surface area contributed by atoms with Crippen molar-refractivity contribution in [2.45, 2.75) is 38.5 Å². The zero-order valence-corrected chi connectivity index (χ0v) is 43.2. The Morgan fingerprint density at radius 1 is 0.184 bits per heavy atom. The Labute approximate surface area is 445 Å². The number of hydrogen-bond donors (Lipinski definition) is 0. The van der Waals surface area contributed by atoms with Crippen LogP contribution in [0.5, 0.6) is 0 Å². The Hall–Kier alpha value is -9.10. The third-order valence-corrected chi connectivity index (χ3v) is 17.4. The lowest BCUT2D eigenvalue weighted by molar-refractivity contribution is 0.661. The highest BCUT2D eigenvalue weighted by Crippen LogP contribution is 2.56. The summed E-state index contributed by atoms with van der Waals surface area (Å²) in [5.74, 6) is 0. The molecule has 0 atom stereocenters. The van der Waals surface area contributed by atoms with Gasteiger partial charge in [0.2, 0.25) is 0 Å². The average Bonchev–Trinajstić information content (AvgIpc) is 3.84. The number of hydrogen-bond acceptors (Lipinski definition) is 0. The van der Waals surface area contributed by atoms with Crippen molar-refractivity contribution in [3.05, 3.63) is 277 Å². The van der Waals surface area contributed by atoms with Crippen molar-refractivity contribution in [2.24, 2.45) is 0 Å². The summed E-state index contributed by atoms with van der Waals surface area (Å²) < 4.78 is 0. The van der Waals surface area contributed by atoms with E-state index in [1.165, 1.54) is 154 Å². The fraction of sp³-hybridized carbons (Fsp3) is 0.0789. The lowest BCUT2D eigenvalue weighted by atomic mass is 9.79. The van der Waals surface area contributed by atoms with Gasteiger partial charge in [0.1, 0.15) is 0 Å².